The van der Waals surface area contributed by atoms with Gasteiger partial charge >= 0.3 is 0 Å². The second-order valence-electron chi connectivity index (χ2n) is 6.05. The maximum Gasteiger partial charge on any atom is 0.0568 e. The number of unbranched alkanes of at least 4 members (excludes halogenated alkanes) is 10. The molecule has 1 unspecified atom stereocenters. The number of rotatable bonds is 13. The topological polar surface area (TPSA) is 12.9 Å². The second-order valence-corrected chi connectivity index (χ2v) is 7.15. The van der Waals surface area contributed by atoms with Gasteiger partial charge in [-0.25, -0.2) is 0 Å². The van der Waals surface area contributed by atoms with Crippen LogP contribution < -0.4 is 0 Å². The fraction of sp³-hybridized carbons (Fsp3) is 0.737. The van der Waals surface area contributed by atoms with Crippen molar-refractivity contribution in [2.75, 3.05) is 0 Å². The summed E-state index contributed by atoms with van der Waals surface area (Å²) in [5, 5.41) is 0. The standard InChI is InChI=1S/C19H32BrN/c1-2-3-4-5-6-7-8-9-10-11-12-15-18(20)19-16-13-14-17-21-19/h13-14,16-18H,2-12,15H2,1H3. The molecule has 1 aromatic heterocycles. The van der Waals surface area contributed by atoms with Crippen LogP contribution in [0.4, 0.5) is 0 Å². The van der Waals surface area contributed by atoms with Crippen LogP contribution in [0.25, 0.3) is 0 Å². The molecule has 120 valence electrons. The number of aromatic nitrogens is 1. The smallest absolute Gasteiger partial charge is 0.0568 e. The molecule has 0 radical (unpaired) electrons. The monoisotopic (exact) mass is 353 g/mol. The van der Waals surface area contributed by atoms with Crippen LogP contribution in [0.5, 0.6) is 0 Å². The van der Waals surface area contributed by atoms with Gasteiger partial charge < -0.3 is 0 Å². The lowest BCUT2D eigenvalue weighted by molar-refractivity contribution is 0.543. The molecule has 0 aliphatic heterocycles. The molecule has 0 aromatic carbocycles. The van der Waals surface area contributed by atoms with Gasteiger partial charge in [0.05, 0.1) is 10.5 Å². The van der Waals surface area contributed by atoms with Crippen LogP contribution in [0.1, 0.15) is 94.5 Å². The van der Waals surface area contributed by atoms with Crippen LogP contribution in [0.2, 0.25) is 0 Å². The molecule has 1 atom stereocenters. The molecule has 1 heterocycles. The quantitative estimate of drug-likeness (QED) is 0.269. The Morgan fingerprint density at radius 3 is 1.95 bits per heavy atom. The summed E-state index contributed by atoms with van der Waals surface area (Å²) in [6.07, 6.45) is 18.6. The van der Waals surface area contributed by atoms with Crippen molar-refractivity contribution in [2.45, 2.75) is 88.8 Å². The SMILES string of the molecule is CCCCCCCCCCCCCC(Br)c1ccccn1. The second kappa shape index (κ2) is 13.3. The van der Waals surface area contributed by atoms with Gasteiger partial charge in [-0.2, -0.15) is 0 Å². The fourth-order valence-corrected chi connectivity index (χ4v) is 3.29. The molecule has 1 aromatic rings. The Kier molecular flexibility index (Phi) is 11.8. The highest BCUT2D eigenvalue weighted by molar-refractivity contribution is 9.09. The average molecular weight is 354 g/mol. The predicted molar refractivity (Wildman–Crippen MR) is 97.0 cm³/mol. The first-order valence-corrected chi connectivity index (χ1v) is 9.81. The van der Waals surface area contributed by atoms with Crippen LogP contribution in [-0.2, 0) is 0 Å². The van der Waals surface area contributed by atoms with Crippen molar-refractivity contribution in [1.82, 2.24) is 4.98 Å². The molecule has 0 saturated heterocycles. The van der Waals surface area contributed by atoms with Crippen molar-refractivity contribution in [3.05, 3.63) is 30.1 Å². The Labute approximate surface area is 140 Å². The highest BCUT2D eigenvalue weighted by Gasteiger charge is 2.07. The van der Waals surface area contributed by atoms with Crippen molar-refractivity contribution in [3.63, 3.8) is 0 Å². The zero-order chi connectivity index (χ0) is 15.2. The third-order valence-corrected chi connectivity index (χ3v) is 5.00. The number of halogens is 1. The van der Waals surface area contributed by atoms with Gasteiger partial charge in [-0.3, -0.25) is 4.98 Å². The number of nitrogens with zero attached hydrogens (tertiary/aromatic N) is 1. The van der Waals surface area contributed by atoms with Gasteiger partial charge in [-0.05, 0) is 18.6 Å². The maximum absolute atomic E-state index is 4.40. The van der Waals surface area contributed by atoms with E-state index in [1.54, 1.807) is 0 Å². The third-order valence-electron chi connectivity index (χ3n) is 4.07. The number of alkyl halides is 1. The first-order valence-electron chi connectivity index (χ1n) is 8.89. The number of hydrogen-bond acceptors (Lipinski definition) is 1. The van der Waals surface area contributed by atoms with E-state index in [4.69, 9.17) is 0 Å². The van der Waals surface area contributed by atoms with E-state index >= 15 is 0 Å². The molecular formula is C19H32BrN. The lowest BCUT2D eigenvalue weighted by Crippen LogP contribution is -1.93. The summed E-state index contributed by atoms with van der Waals surface area (Å²) < 4.78 is 0. The van der Waals surface area contributed by atoms with Gasteiger partial charge in [0.1, 0.15) is 0 Å². The predicted octanol–water partition coefficient (Wildman–Crippen LogP) is 7.22. The molecule has 0 N–H and O–H groups in total. The highest BCUT2D eigenvalue weighted by atomic mass is 79.9. The number of pyridine rings is 1. The Balaban J connectivity index is 1.86. The summed E-state index contributed by atoms with van der Waals surface area (Å²) in [4.78, 5) is 4.83. The molecule has 0 aliphatic carbocycles. The molecule has 0 fully saturated rings. The summed E-state index contributed by atoms with van der Waals surface area (Å²) in [5.41, 5.74) is 1.17. The minimum Gasteiger partial charge on any atom is -0.260 e. The minimum absolute atomic E-state index is 0.428. The van der Waals surface area contributed by atoms with Crippen LogP contribution >= 0.6 is 15.9 Å². The molecular weight excluding hydrogens is 322 g/mol. The van der Waals surface area contributed by atoms with Crippen LogP contribution in [0.3, 0.4) is 0 Å². The molecule has 21 heavy (non-hydrogen) atoms. The van der Waals surface area contributed by atoms with Crippen molar-refractivity contribution in [1.29, 1.82) is 0 Å². The van der Waals surface area contributed by atoms with E-state index in [9.17, 15) is 0 Å². The van der Waals surface area contributed by atoms with Crippen molar-refractivity contribution < 1.29 is 0 Å². The van der Waals surface area contributed by atoms with Gasteiger partial charge in [0, 0.05) is 6.20 Å². The molecule has 0 aliphatic rings. The van der Waals surface area contributed by atoms with E-state index in [1.165, 1.54) is 82.7 Å². The molecule has 0 bridgehead atoms. The van der Waals surface area contributed by atoms with E-state index in [0.717, 1.165) is 0 Å². The van der Waals surface area contributed by atoms with Crippen molar-refractivity contribution >= 4 is 15.9 Å². The van der Waals surface area contributed by atoms with E-state index in [0.29, 0.717) is 4.83 Å². The summed E-state index contributed by atoms with van der Waals surface area (Å²) in [7, 11) is 0. The van der Waals surface area contributed by atoms with Crippen LogP contribution in [0, 0.1) is 0 Å². The van der Waals surface area contributed by atoms with E-state index in [-0.39, 0.29) is 0 Å². The zero-order valence-electron chi connectivity index (χ0n) is 13.7. The van der Waals surface area contributed by atoms with Crippen molar-refractivity contribution in [2.24, 2.45) is 0 Å². The Hall–Kier alpha value is -0.370. The summed E-state index contributed by atoms with van der Waals surface area (Å²) in [6, 6.07) is 6.15. The molecule has 1 rings (SSSR count). The fourth-order valence-electron chi connectivity index (χ4n) is 2.70. The Bertz CT molecular complexity index is 326. The average Bonchev–Trinajstić information content (AvgIpc) is 2.53. The van der Waals surface area contributed by atoms with Gasteiger partial charge in [-0.1, -0.05) is 99.5 Å². The first kappa shape index (κ1) is 18.7. The third kappa shape index (κ3) is 10.1. The Morgan fingerprint density at radius 2 is 1.43 bits per heavy atom. The minimum atomic E-state index is 0.428. The maximum atomic E-state index is 4.40. The largest absolute Gasteiger partial charge is 0.260 e. The van der Waals surface area contributed by atoms with Gasteiger partial charge in [0.25, 0.3) is 0 Å². The highest BCUT2D eigenvalue weighted by Crippen LogP contribution is 2.26. The Morgan fingerprint density at radius 1 is 0.857 bits per heavy atom. The van der Waals surface area contributed by atoms with Crippen molar-refractivity contribution in [3.8, 4) is 0 Å². The van der Waals surface area contributed by atoms with E-state index in [1.807, 2.05) is 12.3 Å². The molecule has 1 nitrogen and oxygen atoms in total. The zero-order valence-corrected chi connectivity index (χ0v) is 15.3. The lowest BCUT2D eigenvalue weighted by Gasteiger charge is -2.08. The summed E-state index contributed by atoms with van der Waals surface area (Å²) in [6.45, 7) is 2.28. The lowest BCUT2D eigenvalue weighted by atomic mass is 10.0. The summed E-state index contributed by atoms with van der Waals surface area (Å²) >= 11 is 3.75. The van der Waals surface area contributed by atoms with E-state index in [2.05, 4.69) is 40.0 Å². The first-order chi connectivity index (χ1) is 10.3. The molecule has 0 spiro atoms. The molecule has 0 amide bonds. The van der Waals surface area contributed by atoms with Crippen LogP contribution in [-0.4, -0.2) is 4.98 Å². The number of hydrogen-bond donors (Lipinski definition) is 0. The summed E-state index contributed by atoms with van der Waals surface area (Å²) in [5.74, 6) is 0. The molecule has 0 saturated carbocycles. The van der Waals surface area contributed by atoms with Gasteiger partial charge in [0.15, 0.2) is 0 Å². The van der Waals surface area contributed by atoms with Gasteiger partial charge in [0.2, 0.25) is 0 Å². The van der Waals surface area contributed by atoms with E-state index < -0.39 is 0 Å². The normalized spacial score (nSPS) is 12.5. The van der Waals surface area contributed by atoms with Gasteiger partial charge in [-0.15, -0.1) is 0 Å². The van der Waals surface area contributed by atoms with Crippen LogP contribution in [0.15, 0.2) is 24.4 Å². The molecule has 2 heteroatoms.